The summed E-state index contributed by atoms with van der Waals surface area (Å²) in [6.45, 7) is 1.51. The van der Waals surface area contributed by atoms with Crippen LogP contribution in [0.2, 0.25) is 0 Å². The molecule has 2 N–H and O–H groups in total. The van der Waals surface area contributed by atoms with E-state index in [-0.39, 0.29) is 33.8 Å². The molecular weight excluding hydrogens is 252 g/mol. The molecule has 1 aromatic heterocycles. The Labute approximate surface area is 107 Å². The van der Waals surface area contributed by atoms with E-state index >= 15 is 0 Å². The third-order valence-corrected chi connectivity index (χ3v) is 2.82. The zero-order chi connectivity index (χ0) is 14.2. The van der Waals surface area contributed by atoms with Gasteiger partial charge in [0.2, 0.25) is 0 Å². The zero-order valence-corrected chi connectivity index (χ0v) is 10.4. The van der Waals surface area contributed by atoms with Gasteiger partial charge in [0, 0.05) is 11.6 Å². The monoisotopic (exact) mass is 264 g/mol. The number of aliphatic carboxylic acids is 1. The van der Waals surface area contributed by atoms with Gasteiger partial charge in [0.05, 0.1) is 18.9 Å². The molecule has 0 bridgehead atoms. The Bertz CT molecular complexity index is 713. The van der Waals surface area contributed by atoms with E-state index in [1.165, 1.54) is 26.2 Å². The van der Waals surface area contributed by atoms with Gasteiger partial charge >= 0.3 is 5.97 Å². The number of hydrogen-bond acceptors (Lipinski definition) is 5. The number of methoxy groups -OCH3 is 1. The van der Waals surface area contributed by atoms with Crippen molar-refractivity contribution in [3.8, 4) is 11.5 Å². The summed E-state index contributed by atoms with van der Waals surface area (Å²) in [4.78, 5) is 22.9. The number of benzene rings is 1. The van der Waals surface area contributed by atoms with Crippen LogP contribution >= 0.6 is 0 Å². The van der Waals surface area contributed by atoms with Gasteiger partial charge in [0.25, 0.3) is 0 Å². The summed E-state index contributed by atoms with van der Waals surface area (Å²) in [5.74, 6) is -0.904. The quantitative estimate of drug-likeness (QED) is 0.870. The van der Waals surface area contributed by atoms with E-state index in [0.717, 1.165) is 0 Å². The summed E-state index contributed by atoms with van der Waals surface area (Å²) >= 11 is 0. The van der Waals surface area contributed by atoms with Crippen LogP contribution in [0.15, 0.2) is 21.3 Å². The minimum atomic E-state index is -1.11. The minimum absolute atomic E-state index is 0.0905. The molecule has 0 radical (unpaired) electrons. The number of carboxylic acids is 1. The van der Waals surface area contributed by atoms with E-state index in [0.29, 0.717) is 0 Å². The van der Waals surface area contributed by atoms with Gasteiger partial charge in [-0.1, -0.05) is 0 Å². The number of carbonyl (C=O) groups is 1. The van der Waals surface area contributed by atoms with Gasteiger partial charge in [-0.15, -0.1) is 0 Å². The van der Waals surface area contributed by atoms with Crippen LogP contribution in [-0.2, 0) is 11.2 Å². The molecule has 0 saturated heterocycles. The average Bonchev–Trinajstić information content (AvgIpc) is 2.33. The molecule has 0 fully saturated rings. The first-order valence-electron chi connectivity index (χ1n) is 5.49. The minimum Gasteiger partial charge on any atom is -0.504 e. The Morgan fingerprint density at radius 3 is 2.68 bits per heavy atom. The third-order valence-electron chi connectivity index (χ3n) is 2.82. The molecule has 2 rings (SSSR count). The number of phenols is 1. The van der Waals surface area contributed by atoms with Gasteiger partial charge in [-0.25, -0.2) is 0 Å². The van der Waals surface area contributed by atoms with E-state index in [4.69, 9.17) is 14.3 Å². The summed E-state index contributed by atoms with van der Waals surface area (Å²) in [5, 5.41) is 18.6. The topological polar surface area (TPSA) is 97.0 Å². The predicted octanol–water partition coefficient (Wildman–Crippen LogP) is 1.44. The highest BCUT2D eigenvalue weighted by atomic mass is 16.5. The third kappa shape index (κ3) is 2.24. The van der Waals surface area contributed by atoms with Crippen LogP contribution in [0.5, 0.6) is 11.5 Å². The first-order chi connectivity index (χ1) is 8.93. The number of phenolic OH excluding ortho intramolecular Hbond substituents is 1. The molecule has 0 saturated carbocycles. The van der Waals surface area contributed by atoms with Crippen molar-refractivity contribution in [1.82, 2.24) is 0 Å². The lowest BCUT2D eigenvalue weighted by atomic mass is 10.1. The van der Waals surface area contributed by atoms with E-state index in [9.17, 15) is 14.7 Å². The molecule has 100 valence electrons. The summed E-state index contributed by atoms with van der Waals surface area (Å²) in [6.07, 6.45) is -0.409. The van der Waals surface area contributed by atoms with Crippen molar-refractivity contribution in [2.75, 3.05) is 7.11 Å². The van der Waals surface area contributed by atoms with Crippen LogP contribution in [0.1, 0.15) is 11.3 Å². The fourth-order valence-electron chi connectivity index (χ4n) is 1.88. The second-order valence-corrected chi connectivity index (χ2v) is 4.06. The van der Waals surface area contributed by atoms with Gasteiger partial charge < -0.3 is 19.4 Å². The maximum atomic E-state index is 12.2. The SMILES string of the molecule is COc1cc2c(=O)c(CC(=O)O)c(C)oc2cc1O. The molecule has 6 nitrogen and oxygen atoms in total. The van der Waals surface area contributed by atoms with Crippen LogP contribution in [0.25, 0.3) is 11.0 Å². The van der Waals surface area contributed by atoms with E-state index in [1.807, 2.05) is 0 Å². The second kappa shape index (κ2) is 4.64. The summed E-state index contributed by atoms with van der Waals surface area (Å²) in [5.41, 5.74) is -0.151. The normalized spacial score (nSPS) is 10.6. The molecule has 0 aliphatic heterocycles. The lowest BCUT2D eigenvalue weighted by molar-refractivity contribution is -0.136. The zero-order valence-electron chi connectivity index (χ0n) is 10.4. The van der Waals surface area contributed by atoms with E-state index in [2.05, 4.69) is 0 Å². The molecule has 0 amide bonds. The molecule has 1 heterocycles. The fraction of sp³-hybridized carbons (Fsp3) is 0.231. The first kappa shape index (κ1) is 12.9. The van der Waals surface area contributed by atoms with Crippen LogP contribution in [0.4, 0.5) is 0 Å². The van der Waals surface area contributed by atoms with Crippen molar-refractivity contribution in [3.05, 3.63) is 33.7 Å². The number of ether oxygens (including phenoxy) is 1. The molecular formula is C13H12O6. The maximum Gasteiger partial charge on any atom is 0.308 e. The number of aryl methyl sites for hydroxylation is 1. The van der Waals surface area contributed by atoms with E-state index in [1.54, 1.807) is 0 Å². The maximum absolute atomic E-state index is 12.2. The molecule has 1 aromatic carbocycles. The molecule has 2 aromatic rings. The summed E-state index contributed by atoms with van der Waals surface area (Å²) in [7, 11) is 1.36. The lowest BCUT2D eigenvalue weighted by Gasteiger charge is -2.08. The summed E-state index contributed by atoms with van der Waals surface area (Å²) < 4.78 is 10.3. The first-order valence-corrected chi connectivity index (χ1v) is 5.49. The highest BCUT2D eigenvalue weighted by Crippen LogP contribution is 2.30. The van der Waals surface area contributed by atoms with Crippen molar-refractivity contribution in [1.29, 1.82) is 0 Å². The van der Waals surface area contributed by atoms with Crippen molar-refractivity contribution in [2.45, 2.75) is 13.3 Å². The molecule has 19 heavy (non-hydrogen) atoms. The van der Waals surface area contributed by atoms with Crippen molar-refractivity contribution in [2.24, 2.45) is 0 Å². The van der Waals surface area contributed by atoms with Crippen molar-refractivity contribution >= 4 is 16.9 Å². The number of rotatable bonds is 3. The Hall–Kier alpha value is -2.50. The van der Waals surface area contributed by atoms with Gasteiger partial charge in [0.15, 0.2) is 16.9 Å². The Balaban J connectivity index is 2.78. The van der Waals surface area contributed by atoms with Crippen molar-refractivity contribution in [3.63, 3.8) is 0 Å². The molecule has 0 aliphatic rings. The van der Waals surface area contributed by atoms with Crippen LogP contribution in [0, 0.1) is 6.92 Å². The Morgan fingerprint density at radius 2 is 2.11 bits per heavy atom. The highest BCUT2D eigenvalue weighted by molar-refractivity contribution is 5.82. The number of hydrogen-bond donors (Lipinski definition) is 2. The number of fused-ring (bicyclic) bond motifs is 1. The summed E-state index contributed by atoms with van der Waals surface area (Å²) in [6, 6.07) is 2.61. The van der Waals surface area contributed by atoms with Gasteiger partial charge in [0.1, 0.15) is 11.3 Å². The Morgan fingerprint density at radius 1 is 1.42 bits per heavy atom. The standard InChI is InChI=1S/C13H12O6/c1-6-7(4-12(15)16)13(17)8-3-11(18-2)9(14)5-10(8)19-6/h3,5,14H,4H2,1-2H3,(H,15,16). The molecule has 0 unspecified atom stereocenters. The van der Waals surface area contributed by atoms with Crippen LogP contribution in [-0.4, -0.2) is 23.3 Å². The molecule has 0 atom stereocenters. The molecule has 0 spiro atoms. The largest absolute Gasteiger partial charge is 0.504 e. The van der Waals surface area contributed by atoms with Gasteiger partial charge in [-0.3, -0.25) is 9.59 Å². The number of aromatic hydroxyl groups is 1. The average molecular weight is 264 g/mol. The smallest absolute Gasteiger partial charge is 0.308 e. The highest BCUT2D eigenvalue weighted by Gasteiger charge is 2.16. The fourth-order valence-corrected chi connectivity index (χ4v) is 1.88. The predicted molar refractivity (Wildman–Crippen MR) is 66.8 cm³/mol. The van der Waals surface area contributed by atoms with E-state index < -0.39 is 17.8 Å². The second-order valence-electron chi connectivity index (χ2n) is 4.06. The van der Waals surface area contributed by atoms with Crippen molar-refractivity contribution < 1.29 is 24.2 Å². The van der Waals surface area contributed by atoms with Crippen LogP contribution < -0.4 is 10.2 Å². The molecule has 6 heteroatoms. The lowest BCUT2D eigenvalue weighted by Crippen LogP contribution is -2.15. The van der Waals surface area contributed by atoms with Crippen LogP contribution in [0.3, 0.4) is 0 Å². The number of carboxylic acid groups (broad SMARTS) is 1. The van der Waals surface area contributed by atoms with Gasteiger partial charge in [-0.2, -0.15) is 0 Å². The van der Waals surface area contributed by atoms with Gasteiger partial charge in [-0.05, 0) is 13.0 Å². The molecule has 0 aliphatic carbocycles. The Kier molecular flexibility index (Phi) is 3.16.